The third-order valence-electron chi connectivity index (χ3n) is 2.84. The topological polar surface area (TPSA) is 59.1 Å². The number of methoxy groups -OCH3 is 1. The largest absolute Gasteiger partial charge is 0.481 e. The molecule has 2 heterocycles. The minimum Gasteiger partial charge on any atom is -0.481 e. The molecule has 1 aromatic rings. The maximum atomic E-state index is 5.03. The first-order chi connectivity index (χ1) is 7.88. The van der Waals surface area contributed by atoms with Crippen LogP contribution in [-0.4, -0.2) is 36.7 Å². The molecule has 16 heavy (non-hydrogen) atoms. The van der Waals surface area contributed by atoms with Crippen molar-refractivity contribution in [3.63, 3.8) is 0 Å². The molecule has 0 saturated carbocycles. The van der Waals surface area contributed by atoms with E-state index in [1.807, 2.05) is 0 Å². The second-order valence-electron chi connectivity index (χ2n) is 4.00. The van der Waals surface area contributed by atoms with Crippen molar-refractivity contribution in [2.24, 2.45) is 5.92 Å². The monoisotopic (exact) mass is 222 g/mol. The first-order valence-corrected chi connectivity index (χ1v) is 5.70. The third kappa shape index (κ3) is 3.06. The van der Waals surface area contributed by atoms with E-state index < -0.39 is 0 Å². The van der Waals surface area contributed by atoms with E-state index >= 15 is 0 Å². The Morgan fingerprint density at radius 3 is 3.31 bits per heavy atom. The molecule has 1 atom stereocenters. The van der Waals surface area contributed by atoms with Crippen LogP contribution in [-0.2, 0) is 0 Å². The second-order valence-corrected chi connectivity index (χ2v) is 4.00. The number of aromatic nitrogens is 2. The zero-order valence-electron chi connectivity index (χ0n) is 9.57. The third-order valence-corrected chi connectivity index (χ3v) is 2.84. The lowest BCUT2D eigenvalue weighted by Gasteiger charge is -2.09. The van der Waals surface area contributed by atoms with E-state index in [1.165, 1.54) is 6.42 Å². The molecule has 1 saturated heterocycles. The van der Waals surface area contributed by atoms with Crippen molar-refractivity contribution in [3.05, 3.63) is 12.3 Å². The number of ether oxygens (including phenoxy) is 1. The molecule has 0 spiro atoms. The summed E-state index contributed by atoms with van der Waals surface area (Å²) >= 11 is 0. The summed E-state index contributed by atoms with van der Waals surface area (Å²) in [6.45, 7) is 3.21. The molecule has 1 unspecified atom stereocenters. The molecule has 0 aromatic carbocycles. The molecule has 0 aliphatic carbocycles. The van der Waals surface area contributed by atoms with Gasteiger partial charge in [-0.1, -0.05) is 0 Å². The molecule has 2 rings (SSSR count). The quantitative estimate of drug-likeness (QED) is 0.775. The maximum absolute atomic E-state index is 5.03. The van der Waals surface area contributed by atoms with E-state index in [0.717, 1.165) is 32.0 Å². The lowest BCUT2D eigenvalue weighted by Crippen LogP contribution is -2.13. The molecule has 5 nitrogen and oxygen atoms in total. The van der Waals surface area contributed by atoms with Gasteiger partial charge in [0.25, 0.3) is 0 Å². The van der Waals surface area contributed by atoms with Gasteiger partial charge in [0.15, 0.2) is 0 Å². The Balaban J connectivity index is 1.75. The summed E-state index contributed by atoms with van der Waals surface area (Å²) in [5.74, 6) is 2.03. The molecule has 0 bridgehead atoms. The molecule has 2 N–H and O–H groups in total. The molecule has 1 aliphatic heterocycles. The fourth-order valence-corrected chi connectivity index (χ4v) is 1.89. The van der Waals surface area contributed by atoms with E-state index in [4.69, 9.17) is 4.74 Å². The van der Waals surface area contributed by atoms with Gasteiger partial charge in [0, 0.05) is 18.8 Å². The van der Waals surface area contributed by atoms with E-state index in [0.29, 0.717) is 11.8 Å². The normalized spacial score (nSPS) is 19.7. The Kier molecular flexibility index (Phi) is 3.93. The summed E-state index contributed by atoms with van der Waals surface area (Å²) in [5.41, 5.74) is 0. The van der Waals surface area contributed by atoms with Crippen molar-refractivity contribution in [2.75, 3.05) is 32.1 Å². The summed E-state index contributed by atoms with van der Waals surface area (Å²) in [6.07, 6.45) is 4.14. The van der Waals surface area contributed by atoms with Crippen LogP contribution in [0.4, 0.5) is 5.95 Å². The van der Waals surface area contributed by atoms with Crippen molar-refractivity contribution in [3.8, 4) is 5.88 Å². The number of hydrogen-bond donors (Lipinski definition) is 2. The smallest absolute Gasteiger partial charge is 0.225 e. The minimum absolute atomic E-state index is 0.597. The van der Waals surface area contributed by atoms with Crippen molar-refractivity contribution in [2.45, 2.75) is 12.8 Å². The van der Waals surface area contributed by atoms with Crippen LogP contribution < -0.4 is 15.4 Å². The molecule has 0 amide bonds. The lowest BCUT2D eigenvalue weighted by molar-refractivity contribution is 0.397. The van der Waals surface area contributed by atoms with Crippen LogP contribution in [0.15, 0.2) is 12.3 Å². The van der Waals surface area contributed by atoms with E-state index in [-0.39, 0.29) is 0 Å². The summed E-state index contributed by atoms with van der Waals surface area (Å²) in [6, 6.07) is 1.74. The van der Waals surface area contributed by atoms with Crippen LogP contribution in [0, 0.1) is 5.92 Å². The molecule has 0 radical (unpaired) electrons. The van der Waals surface area contributed by atoms with Gasteiger partial charge in [-0.3, -0.25) is 0 Å². The second kappa shape index (κ2) is 5.65. The summed E-state index contributed by atoms with van der Waals surface area (Å²) in [5, 5.41) is 6.58. The molecular formula is C11H18N4O. The number of anilines is 1. The van der Waals surface area contributed by atoms with Crippen molar-refractivity contribution >= 4 is 5.95 Å². The van der Waals surface area contributed by atoms with Crippen molar-refractivity contribution < 1.29 is 4.74 Å². The molecule has 88 valence electrons. The van der Waals surface area contributed by atoms with Gasteiger partial charge in [-0.25, -0.2) is 4.98 Å². The predicted molar refractivity (Wildman–Crippen MR) is 62.7 cm³/mol. The van der Waals surface area contributed by atoms with E-state index in [2.05, 4.69) is 20.6 Å². The van der Waals surface area contributed by atoms with Crippen LogP contribution in [0.5, 0.6) is 5.88 Å². The number of rotatable bonds is 5. The van der Waals surface area contributed by atoms with Gasteiger partial charge in [-0.2, -0.15) is 4.98 Å². The first-order valence-electron chi connectivity index (χ1n) is 5.70. The highest BCUT2D eigenvalue weighted by Crippen LogP contribution is 2.12. The minimum atomic E-state index is 0.597. The average Bonchev–Trinajstić information content (AvgIpc) is 2.82. The Bertz CT molecular complexity index is 326. The van der Waals surface area contributed by atoms with Crippen molar-refractivity contribution in [1.29, 1.82) is 0 Å². The Hall–Kier alpha value is -1.36. The standard InChI is InChI=1S/C11H18N4O/c1-16-10-4-7-14-11(15-10)13-6-3-9-2-5-12-8-9/h4,7,9,12H,2-3,5-6,8H2,1H3,(H,13,14,15). The van der Waals surface area contributed by atoms with Crippen LogP contribution in [0.2, 0.25) is 0 Å². The van der Waals surface area contributed by atoms with Gasteiger partial charge in [0.1, 0.15) is 0 Å². The highest BCUT2D eigenvalue weighted by Gasteiger charge is 2.13. The summed E-state index contributed by atoms with van der Waals surface area (Å²) < 4.78 is 5.03. The molecule has 1 aliphatic rings. The SMILES string of the molecule is COc1ccnc(NCCC2CCNC2)n1. The first kappa shape index (κ1) is 11.1. The van der Waals surface area contributed by atoms with Gasteiger partial charge in [0.2, 0.25) is 11.8 Å². The fraction of sp³-hybridized carbons (Fsp3) is 0.636. The number of nitrogens with one attached hydrogen (secondary N) is 2. The Morgan fingerprint density at radius 1 is 1.62 bits per heavy atom. The fourth-order valence-electron chi connectivity index (χ4n) is 1.89. The maximum Gasteiger partial charge on any atom is 0.225 e. The highest BCUT2D eigenvalue weighted by molar-refractivity contribution is 5.27. The van der Waals surface area contributed by atoms with Gasteiger partial charge in [-0.15, -0.1) is 0 Å². The van der Waals surface area contributed by atoms with Crippen LogP contribution in [0.3, 0.4) is 0 Å². The Labute approximate surface area is 95.6 Å². The van der Waals surface area contributed by atoms with Gasteiger partial charge >= 0.3 is 0 Å². The van der Waals surface area contributed by atoms with Crippen LogP contribution >= 0.6 is 0 Å². The van der Waals surface area contributed by atoms with Gasteiger partial charge in [0.05, 0.1) is 7.11 Å². The number of hydrogen-bond acceptors (Lipinski definition) is 5. The zero-order chi connectivity index (χ0) is 11.2. The zero-order valence-corrected chi connectivity index (χ0v) is 9.57. The lowest BCUT2D eigenvalue weighted by atomic mass is 10.1. The Morgan fingerprint density at radius 2 is 2.56 bits per heavy atom. The van der Waals surface area contributed by atoms with E-state index in [1.54, 1.807) is 19.4 Å². The van der Waals surface area contributed by atoms with Crippen LogP contribution in [0.25, 0.3) is 0 Å². The molecule has 1 fully saturated rings. The summed E-state index contributed by atoms with van der Waals surface area (Å²) in [7, 11) is 1.61. The number of nitrogens with zero attached hydrogens (tertiary/aromatic N) is 2. The van der Waals surface area contributed by atoms with Gasteiger partial charge in [-0.05, 0) is 31.8 Å². The predicted octanol–water partition coefficient (Wildman–Crippen LogP) is 0.897. The summed E-state index contributed by atoms with van der Waals surface area (Å²) in [4.78, 5) is 8.33. The molecular weight excluding hydrogens is 204 g/mol. The molecule has 1 aromatic heterocycles. The van der Waals surface area contributed by atoms with E-state index in [9.17, 15) is 0 Å². The van der Waals surface area contributed by atoms with Crippen molar-refractivity contribution in [1.82, 2.24) is 15.3 Å². The molecule has 5 heteroatoms. The van der Waals surface area contributed by atoms with Gasteiger partial charge < -0.3 is 15.4 Å². The average molecular weight is 222 g/mol. The highest BCUT2D eigenvalue weighted by atomic mass is 16.5. The van der Waals surface area contributed by atoms with Crippen LogP contribution in [0.1, 0.15) is 12.8 Å².